The van der Waals surface area contributed by atoms with E-state index in [1.54, 1.807) is 17.0 Å². The Labute approximate surface area is 113 Å². The number of hydrogen-bond acceptors (Lipinski definition) is 2. The Morgan fingerprint density at radius 3 is 2.95 bits per heavy atom. The topological polar surface area (TPSA) is 46.3 Å². The van der Waals surface area contributed by atoms with Gasteiger partial charge in [0.1, 0.15) is 5.82 Å². The first-order valence-electron chi connectivity index (χ1n) is 6.92. The predicted octanol–water partition coefficient (Wildman–Crippen LogP) is 2.42. The van der Waals surface area contributed by atoms with Crippen LogP contribution in [0.5, 0.6) is 0 Å². The molecule has 1 heterocycles. The molecular formula is C15H21FN2O. The van der Waals surface area contributed by atoms with Crippen LogP contribution in [0.2, 0.25) is 0 Å². The summed E-state index contributed by atoms with van der Waals surface area (Å²) in [5, 5.41) is 0. The second-order valence-corrected chi connectivity index (χ2v) is 5.20. The number of hydrogen-bond donors (Lipinski definition) is 1. The molecule has 19 heavy (non-hydrogen) atoms. The molecule has 1 amide bonds. The van der Waals surface area contributed by atoms with Gasteiger partial charge in [-0.2, -0.15) is 0 Å². The third kappa shape index (κ3) is 3.13. The standard InChI is InChI=1S/C15H21FN2O/c1-2-11-6-7-18(14(8-11)10-17)15(19)12-4-3-5-13(16)9-12/h3-5,9,11,14H,2,6-8,10,17H2,1H3. The fraction of sp³-hybridized carbons (Fsp3) is 0.533. The lowest BCUT2D eigenvalue weighted by Crippen LogP contribution is -2.49. The fourth-order valence-electron chi connectivity index (χ4n) is 2.78. The smallest absolute Gasteiger partial charge is 0.254 e. The fourth-order valence-corrected chi connectivity index (χ4v) is 2.78. The normalized spacial score (nSPS) is 23.4. The molecule has 0 bridgehead atoms. The number of amides is 1. The van der Waals surface area contributed by atoms with Crippen LogP contribution in [0.1, 0.15) is 36.5 Å². The van der Waals surface area contributed by atoms with Gasteiger partial charge in [0.15, 0.2) is 0 Å². The first kappa shape index (κ1) is 14.0. The van der Waals surface area contributed by atoms with Crippen LogP contribution in [0, 0.1) is 11.7 Å². The molecule has 2 rings (SSSR count). The maximum Gasteiger partial charge on any atom is 0.254 e. The molecule has 1 saturated heterocycles. The van der Waals surface area contributed by atoms with Crippen molar-refractivity contribution >= 4 is 5.91 Å². The molecule has 1 aromatic carbocycles. The Bertz CT molecular complexity index is 450. The molecule has 0 radical (unpaired) electrons. The number of nitrogens with two attached hydrogens (primary N) is 1. The Hall–Kier alpha value is -1.42. The molecule has 1 aliphatic heterocycles. The third-order valence-corrected chi connectivity index (χ3v) is 4.01. The average molecular weight is 264 g/mol. The maximum atomic E-state index is 13.2. The van der Waals surface area contributed by atoms with Gasteiger partial charge in [0.2, 0.25) is 0 Å². The van der Waals surface area contributed by atoms with Crippen LogP contribution in [0.3, 0.4) is 0 Å². The summed E-state index contributed by atoms with van der Waals surface area (Å²) in [5.41, 5.74) is 6.20. The number of carbonyl (C=O) groups is 1. The minimum atomic E-state index is -0.376. The number of carbonyl (C=O) groups excluding carboxylic acids is 1. The van der Waals surface area contributed by atoms with E-state index in [9.17, 15) is 9.18 Å². The van der Waals surface area contributed by atoms with Gasteiger partial charge in [-0.25, -0.2) is 4.39 Å². The number of halogens is 1. The van der Waals surface area contributed by atoms with E-state index in [0.717, 1.165) is 25.8 Å². The molecule has 0 saturated carbocycles. The first-order valence-corrected chi connectivity index (χ1v) is 6.92. The molecule has 1 fully saturated rings. The van der Waals surface area contributed by atoms with E-state index in [-0.39, 0.29) is 17.8 Å². The van der Waals surface area contributed by atoms with E-state index in [2.05, 4.69) is 6.92 Å². The van der Waals surface area contributed by atoms with E-state index in [0.29, 0.717) is 18.0 Å². The van der Waals surface area contributed by atoms with Gasteiger partial charge >= 0.3 is 0 Å². The monoisotopic (exact) mass is 264 g/mol. The van der Waals surface area contributed by atoms with Crippen molar-refractivity contribution in [3.8, 4) is 0 Å². The summed E-state index contributed by atoms with van der Waals surface area (Å²) < 4.78 is 13.2. The lowest BCUT2D eigenvalue weighted by atomic mass is 9.88. The lowest BCUT2D eigenvalue weighted by molar-refractivity contribution is 0.0558. The van der Waals surface area contributed by atoms with Crippen molar-refractivity contribution in [2.75, 3.05) is 13.1 Å². The molecule has 0 spiro atoms. The van der Waals surface area contributed by atoms with Crippen LogP contribution in [0.15, 0.2) is 24.3 Å². The molecule has 0 aromatic heterocycles. The van der Waals surface area contributed by atoms with Crippen molar-refractivity contribution in [3.05, 3.63) is 35.6 Å². The molecule has 1 aliphatic rings. The largest absolute Gasteiger partial charge is 0.334 e. The highest BCUT2D eigenvalue weighted by atomic mass is 19.1. The minimum absolute atomic E-state index is 0.0782. The van der Waals surface area contributed by atoms with Crippen molar-refractivity contribution in [2.24, 2.45) is 11.7 Å². The summed E-state index contributed by atoms with van der Waals surface area (Å²) in [6.07, 6.45) is 3.08. The van der Waals surface area contributed by atoms with Gasteiger partial charge in [0, 0.05) is 24.7 Å². The zero-order valence-corrected chi connectivity index (χ0v) is 11.3. The van der Waals surface area contributed by atoms with E-state index >= 15 is 0 Å². The second-order valence-electron chi connectivity index (χ2n) is 5.20. The molecule has 1 aromatic rings. The van der Waals surface area contributed by atoms with Gasteiger partial charge in [-0.15, -0.1) is 0 Å². The number of likely N-dealkylation sites (tertiary alicyclic amines) is 1. The molecule has 2 N–H and O–H groups in total. The van der Waals surface area contributed by atoms with Crippen LogP contribution >= 0.6 is 0 Å². The van der Waals surface area contributed by atoms with Gasteiger partial charge in [-0.1, -0.05) is 19.4 Å². The lowest BCUT2D eigenvalue weighted by Gasteiger charge is -2.39. The second kappa shape index (κ2) is 6.15. The average Bonchev–Trinajstić information content (AvgIpc) is 2.45. The van der Waals surface area contributed by atoms with Crippen LogP contribution in [0.4, 0.5) is 4.39 Å². The third-order valence-electron chi connectivity index (χ3n) is 4.01. The van der Waals surface area contributed by atoms with Crippen molar-refractivity contribution in [1.29, 1.82) is 0 Å². The molecular weight excluding hydrogens is 243 g/mol. The number of benzene rings is 1. The number of nitrogens with zero attached hydrogens (tertiary/aromatic N) is 1. The van der Waals surface area contributed by atoms with Gasteiger partial charge in [-0.3, -0.25) is 4.79 Å². The Morgan fingerprint density at radius 1 is 1.53 bits per heavy atom. The van der Waals surface area contributed by atoms with Crippen molar-refractivity contribution in [2.45, 2.75) is 32.2 Å². The van der Waals surface area contributed by atoms with Gasteiger partial charge in [-0.05, 0) is 37.0 Å². The molecule has 4 heteroatoms. The first-order chi connectivity index (χ1) is 9.15. The highest BCUT2D eigenvalue weighted by Crippen LogP contribution is 2.26. The van der Waals surface area contributed by atoms with Crippen LogP contribution in [-0.2, 0) is 0 Å². The summed E-state index contributed by atoms with van der Waals surface area (Å²) >= 11 is 0. The zero-order valence-electron chi connectivity index (χ0n) is 11.3. The quantitative estimate of drug-likeness (QED) is 0.911. The minimum Gasteiger partial charge on any atom is -0.334 e. The Morgan fingerprint density at radius 2 is 2.32 bits per heavy atom. The van der Waals surface area contributed by atoms with Crippen molar-refractivity contribution < 1.29 is 9.18 Å². The molecule has 2 atom stereocenters. The summed E-state index contributed by atoms with van der Waals surface area (Å²) in [7, 11) is 0. The molecule has 104 valence electrons. The van der Waals surface area contributed by atoms with E-state index in [4.69, 9.17) is 5.73 Å². The SMILES string of the molecule is CCC1CCN(C(=O)c2cccc(F)c2)C(CN)C1. The summed E-state index contributed by atoms with van der Waals surface area (Å²) in [6.45, 7) is 3.36. The number of piperidine rings is 1. The van der Waals surface area contributed by atoms with Gasteiger partial charge < -0.3 is 10.6 Å². The van der Waals surface area contributed by atoms with Crippen LogP contribution in [-0.4, -0.2) is 29.9 Å². The van der Waals surface area contributed by atoms with Crippen molar-refractivity contribution in [3.63, 3.8) is 0 Å². The van der Waals surface area contributed by atoms with Crippen LogP contribution < -0.4 is 5.73 Å². The summed E-state index contributed by atoms with van der Waals surface area (Å²) in [4.78, 5) is 14.2. The van der Waals surface area contributed by atoms with E-state index in [1.807, 2.05) is 0 Å². The van der Waals surface area contributed by atoms with Crippen LogP contribution in [0.25, 0.3) is 0 Å². The summed E-state index contributed by atoms with van der Waals surface area (Å²) in [5.74, 6) is 0.160. The highest BCUT2D eigenvalue weighted by Gasteiger charge is 2.30. The molecule has 0 aliphatic carbocycles. The maximum absolute atomic E-state index is 13.2. The van der Waals surface area contributed by atoms with Crippen molar-refractivity contribution in [1.82, 2.24) is 4.90 Å². The highest BCUT2D eigenvalue weighted by molar-refractivity contribution is 5.94. The predicted molar refractivity (Wildman–Crippen MR) is 73.3 cm³/mol. The molecule has 3 nitrogen and oxygen atoms in total. The van der Waals surface area contributed by atoms with E-state index < -0.39 is 0 Å². The van der Waals surface area contributed by atoms with Gasteiger partial charge in [0.05, 0.1) is 0 Å². The molecule has 2 unspecified atom stereocenters. The Kier molecular flexibility index (Phi) is 4.53. The van der Waals surface area contributed by atoms with Gasteiger partial charge in [0.25, 0.3) is 5.91 Å². The van der Waals surface area contributed by atoms with E-state index in [1.165, 1.54) is 12.1 Å². The summed E-state index contributed by atoms with van der Waals surface area (Å²) in [6, 6.07) is 5.95. The zero-order chi connectivity index (χ0) is 13.8. The Balaban J connectivity index is 2.14. The number of rotatable bonds is 3.